The first kappa shape index (κ1) is 55.7. The van der Waals surface area contributed by atoms with Crippen molar-refractivity contribution in [2.45, 2.75) is 140 Å². The van der Waals surface area contributed by atoms with Crippen molar-refractivity contribution in [1.82, 2.24) is 51.4 Å². The van der Waals surface area contributed by atoms with Gasteiger partial charge in [0, 0.05) is 68.9 Å². The third kappa shape index (κ3) is 16.4. The summed E-state index contributed by atoms with van der Waals surface area (Å²) in [5.74, 6) is -10.6. The van der Waals surface area contributed by atoms with Gasteiger partial charge in [0.15, 0.2) is 0 Å². The topological polar surface area (TPSA) is 307 Å². The second kappa shape index (κ2) is 26.3. The maximum Gasteiger partial charge on any atom is 0.326 e. The number of carboxylic acid groups (broad SMARTS) is 1. The van der Waals surface area contributed by atoms with Crippen molar-refractivity contribution in [3.05, 3.63) is 102 Å². The van der Waals surface area contributed by atoms with E-state index in [0.29, 0.717) is 41.8 Å². The lowest BCUT2D eigenvalue weighted by molar-refractivity contribution is -0.142. The van der Waals surface area contributed by atoms with Gasteiger partial charge in [0.25, 0.3) is 5.92 Å². The SMILES string of the molecule is CC[C@H](C)[C@H](NC(=O)CCC(F)(F)[C@H](CC(C)C)NC(=O)[C@H](Cc1cnc[nH]1)NC(=O)[C@H](Cc1ccccc1)NC(=O)[C@@H]1CCCN1C(=O)[C@@H](N)Cc1cnc[nH]1)C(=O)N[C@@H](Cc1ccc(O)cc1)C(=O)O. The maximum atomic E-state index is 16.4. The third-order valence-electron chi connectivity index (χ3n) is 12.7. The standard InChI is InChI=1S/C50H67F2N11O9/c1-5-30(4)43(47(69)60-39(49(71)72)22-32-13-15-35(64)16-14-32)62-42(65)17-18-50(51,52)41(20-29(2)3)61-45(67)38(24-34-26-55-28-57-34)58-44(66)37(21-31-10-7-6-8-11-31)59-46(68)40-12-9-19-63(40)48(70)36(53)23-33-25-54-27-56-33/h6-8,10-11,13-16,25-30,36-41,43,64H,5,9,12,17-24,53H2,1-4H3,(H,54,56)(H,55,57)(H,58,66)(H,59,68)(H,60,69)(H,61,67)(H,62,65)(H,71,72)/t30-,36-,37-,38-,39-,40-,41-,43-/m0/s1. The van der Waals surface area contributed by atoms with Crippen LogP contribution in [0.2, 0.25) is 0 Å². The number of hydrogen-bond donors (Lipinski definition) is 10. The molecule has 0 radical (unpaired) electrons. The molecule has 5 rings (SSSR count). The molecule has 2 aromatic carbocycles. The van der Waals surface area contributed by atoms with Crippen LogP contribution in [-0.2, 0) is 59.2 Å². The first-order valence-electron chi connectivity index (χ1n) is 24.2. The Labute approximate surface area is 416 Å². The fourth-order valence-electron chi connectivity index (χ4n) is 8.47. The number of benzene rings is 2. The summed E-state index contributed by atoms with van der Waals surface area (Å²) in [7, 11) is 0. The number of alkyl halides is 2. The molecule has 8 atom stereocenters. The first-order valence-corrected chi connectivity index (χ1v) is 24.2. The van der Waals surface area contributed by atoms with Gasteiger partial charge in [0.2, 0.25) is 35.4 Å². The van der Waals surface area contributed by atoms with Crippen LogP contribution in [0.4, 0.5) is 8.78 Å². The number of carboxylic acids is 1. The van der Waals surface area contributed by atoms with E-state index in [-0.39, 0.29) is 50.3 Å². The number of likely N-dealkylation sites (tertiary alicyclic amines) is 1. The van der Waals surface area contributed by atoms with E-state index in [4.69, 9.17) is 5.73 Å². The van der Waals surface area contributed by atoms with Crippen molar-refractivity contribution in [2.75, 3.05) is 6.54 Å². The van der Waals surface area contributed by atoms with Crippen molar-refractivity contribution < 1.29 is 52.6 Å². The molecular weight excluding hydrogens is 937 g/mol. The van der Waals surface area contributed by atoms with E-state index in [0.717, 1.165) is 0 Å². The zero-order valence-electron chi connectivity index (χ0n) is 40.9. The van der Waals surface area contributed by atoms with E-state index >= 15 is 8.78 Å². The second-order valence-corrected chi connectivity index (χ2v) is 18.8. The van der Waals surface area contributed by atoms with Crippen molar-refractivity contribution in [1.29, 1.82) is 0 Å². The Hall–Kier alpha value is -7.23. The quantitative estimate of drug-likeness (QED) is 0.0412. The molecule has 2 aromatic heterocycles. The normalized spacial score (nSPS) is 16.6. The number of phenols is 1. The van der Waals surface area contributed by atoms with Crippen LogP contribution in [0.25, 0.3) is 0 Å². The molecule has 0 unspecified atom stereocenters. The molecule has 0 aliphatic carbocycles. The van der Waals surface area contributed by atoms with Gasteiger partial charge in [-0.1, -0.05) is 76.6 Å². The van der Waals surface area contributed by atoms with E-state index in [1.165, 1.54) is 48.0 Å². The number of nitrogens with zero attached hydrogens (tertiary/aromatic N) is 3. The Morgan fingerprint density at radius 3 is 1.96 bits per heavy atom. The lowest BCUT2D eigenvalue weighted by Gasteiger charge is -2.32. The Balaban J connectivity index is 1.29. The summed E-state index contributed by atoms with van der Waals surface area (Å²) in [5.41, 5.74) is 8.44. The van der Waals surface area contributed by atoms with E-state index in [1.807, 2.05) is 0 Å². The summed E-state index contributed by atoms with van der Waals surface area (Å²) in [6, 6.07) is 5.28. The molecule has 6 amide bonds. The van der Waals surface area contributed by atoms with Gasteiger partial charge in [-0.05, 0) is 54.4 Å². The molecule has 1 fully saturated rings. The molecule has 1 saturated heterocycles. The number of aromatic amines is 2. The Morgan fingerprint density at radius 1 is 0.778 bits per heavy atom. The van der Waals surface area contributed by atoms with Crippen molar-refractivity contribution >= 4 is 41.4 Å². The lowest BCUT2D eigenvalue weighted by Crippen LogP contribution is -2.60. The molecule has 20 nitrogen and oxygen atoms in total. The number of carbonyl (C=O) groups excluding carboxylic acids is 6. The molecule has 0 spiro atoms. The highest BCUT2D eigenvalue weighted by Crippen LogP contribution is 2.29. The van der Waals surface area contributed by atoms with Gasteiger partial charge < -0.3 is 57.4 Å². The molecule has 1 aliphatic rings. The largest absolute Gasteiger partial charge is 0.508 e. The van der Waals surface area contributed by atoms with Crippen LogP contribution in [0.1, 0.15) is 88.7 Å². The summed E-state index contributed by atoms with van der Waals surface area (Å²) in [6.45, 7) is 7.00. The average molecular weight is 1000 g/mol. The Kier molecular flexibility index (Phi) is 20.3. The number of imidazole rings is 2. The molecule has 390 valence electrons. The highest BCUT2D eigenvalue weighted by atomic mass is 19.3. The third-order valence-corrected chi connectivity index (χ3v) is 12.7. The van der Waals surface area contributed by atoms with E-state index in [1.54, 1.807) is 64.2 Å². The minimum Gasteiger partial charge on any atom is -0.508 e. The van der Waals surface area contributed by atoms with Crippen LogP contribution >= 0.6 is 0 Å². The smallest absolute Gasteiger partial charge is 0.326 e. The number of nitrogens with one attached hydrogen (secondary N) is 7. The minimum absolute atomic E-state index is 0.0309. The van der Waals surface area contributed by atoms with Crippen LogP contribution < -0.4 is 32.3 Å². The summed E-state index contributed by atoms with van der Waals surface area (Å²) < 4.78 is 32.9. The summed E-state index contributed by atoms with van der Waals surface area (Å²) in [4.78, 5) is 110. The molecule has 3 heterocycles. The molecular formula is C50H67F2N11O9. The molecule has 11 N–H and O–H groups in total. The summed E-state index contributed by atoms with van der Waals surface area (Å²) >= 11 is 0. The molecule has 0 bridgehead atoms. The monoisotopic (exact) mass is 1000 g/mol. The van der Waals surface area contributed by atoms with Crippen LogP contribution in [0, 0.1) is 11.8 Å². The number of hydrogen-bond acceptors (Lipinski definition) is 11. The predicted octanol–water partition coefficient (Wildman–Crippen LogP) is 2.44. The number of H-pyrrole nitrogens is 2. The van der Waals surface area contributed by atoms with Gasteiger partial charge in [-0.15, -0.1) is 0 Å². The molecule has 4 aromatic rings. The lowest BCUT2D eigenvalue weighted by atomic mass is 9.94. The predicted molar refractivity (Wildman–Crippen MR) is 260 cm³/mol. The number of aliphatic carboxylic acids is 1. The Morgan fingerprint density at radius 2 is 1.36 bits per heavy atom. The summed E-state index contributed by atoms with van der Waals surface area (Å²) in [6.07, 6.45) is 4.63. The van der Waals surface area contributed by atoms with Crippen LogP contribution in [-0.4, -0.2) is 131 Å². The van der Waals surface area contributed by atoms with Gasteiger partial charge in [0.1, 0.15) is 36.0 Å². The molecule has 0 saturated carbocycles. The molecule has 72 heavy (non-hydrogen) atoms. The fraction of sp³-hybridized carbons (Fsp3) is 0.500. The van der Waals surface area contributed by atoms with Gasteiger partial charge >= 0.3 is 5.97 Å². The van der Waals surface area contributed by atoms with Crippen LogP contribution in [0.5, 0.6) is 5.75 Å². The first-order chi connectivity index (χ1) is 34.2. The van der Waals surface area contributed by atoms with E-state index in [9.17, 15) is 43.8 Å². The average Bonchev–Trinajstić information content (AvgIpc) is 4.17. The number of halogens is 2. The van der Waals surface area contributed by atoms with Crippen LogP contribution in [0.15, 0.2) is 79.6 Å². The minimum atomic E-state index is -3.71. The van der Waals surface area contributed by atoms with E-state index in [2.05, 4.69) is 46.5 Å². The van der Waals surface area contributed by atoms with Crippen molar-refractivity contribution in [3.63, 3.8) is 0 Å². The highest BCUT2D eigenvalue weighted by Gasteiger charge is 2.43. The Bertz CT molecular complexity index is 2410. The van der Waals surface area contributed by atoms with Crippen molar-refractivity contribution in [3.8, 4) is 5.75 Å². The number of nitrogens with two attached hydrogens (primary N) is 1. The van der Waals surface area contributed by atoms with Gasteiger partial charge in [-0.25, -0.2) is 23.5 Å². The van der Waals surface area contributed by atoms with Crippen molar-refractivity contribution in [2.24, 2.45) is 17.6 Å². The molecule has 22 heteroatoms. The van der Waals surface area contributed by atoms with Gasteiger partial charge in [0.05, 0.1) is 24.7 Å². The maximum absolute atomic E-state index is 16.4. The van der Waals surface area contributed by atoms with Gasteiger partial charge in [-0.2, -0.15) is 0 Å². The number of phenolic OH excluding ortho intramolecular Hbond substituents is 1. The number of aromatic hydroxyl groups is 1. The van der Waals surface area contributed by atoms with Gasteiger partial charge in [-0.3, -0.25) is 28.8 Å². The number of aromatic nitrogens is 4. The highest BCUT2D eigenvalue weighted by molar-refractivity contribution is 5.95. The zero-order chi connectivity index (χ0) is 52.5. The zero-order valence-corrected chi connectivity index (χ0v) is 40.9. The summed E-state index contributed by atoms with van der Waals surface area (Å²) in [5, 5.41) is 32.3. The number of carbonyl (C=O) groups is 7. The second-order valence-electron chi connectivity index (χ2n) is 18.8. The number of amides is 6. The van der Waals surface area contributed by atoms with E-state index < -0.39 is 108 Å². The van der Waals surface area contributed by atoms with Crippen LogP contribution in [0.3, 0.4) is 0 Å². The fourth-order valence-corrected chi connectivity index (χ4v) is 8.47. The molecule has 1 aliphatic heterocycles. The number of rotatable bonds is 27.